The maximum absolute atomic E-state index is 5.56. The number of anilines is 1. The van der Waals surface area contributed by atoms with E-state index in [1.165, 1.54) is 22.4 Å². The molecule has 20 heavy (non-hydrogen) atoms. The largest absolute Gasteiger partial charge is 0.493 e. The van der Waals surface area contributed by atoms with Crippen LogP contribution < -0.4 is 10.1 Å². The molecule has 1 aliphatic rings. The number of benzene rings is 2. The summed E-state index contributed by atoms with van der Waals surface area (Å²) in [6, 6.07) is 15.5. The molecule has 2 aromatic carbocycles. The van der Waals surface area contributed by atoms with Gasteiger partial charge in [-0.15, -0.1) is 0 Å². The number of hydrogen-bond acceptors (Lipinski definition) is 2. The van der Waals surface area contributed by atoms with Gasteiger partial charge in [-0.1, -0.05) is 25.1 Å². The minimum Gasteiger partial charge on any atom is -0.493 e. The summed E-state index contributed by atoms with van der Waals surface area (Å²) >= 11 is 0. The van der Waals surface area contributed by atoms with Gasteiger partial charge in [-0.25, -0.2) is 0 Å². The monoisotopic (exact) mass is 267 g/mol. The maximum Gasteiger partial charge on any atom is 0.122 e. The van der Waals surface area contributed by atoms with Crippen LogP contribution in [0.2, 0.25) is 0 Å². The average Bonchev–Trinajstić information content (AvgIpc) is 2.95. The van der Waals surface area contributed by atoms with Crippen molar-refractivity contribution in [1.29, 1.82) is 0 Å². The molecule has 1 unspecified atom stereocenters. The van der Waals surface area contributed by atoms with E-state index in [4.69, 9.17) is 4.74 Å². The molecular weight excluding hydrogens is 246 g/mol. The van der Waals surface area contributed by atoms with Gasteiger partial charge in [0.2, 0.25) is 0 Å². The lowest BCUT2D eigenvalue weighted by Crippen LogP contribution is -2.06. The molecule has 0 aromatic heterocycles. The first-order chi connectivity index (χ1) is 9.76. The van der Waals surface area contributed by atoms with Crippen LogP contribution in [0.15, 0.2) is 42.5 Å². The van der Waals surface area contributed by atoms with E-state index in [1.54, 1.807) is 0 Å². The summed E-state index contributed by atoms with van der Waals surface area (Å²) < 4.78 is 5.56. The fourth-order valence-electron chi connectivity index (χ4n) is 2.65. The molecular formula is C18H21NO. The Morgan fingerprint density at radius 2 is 1.95 bits per heavy atom. The Balaban J connectivity index is 1.73. The van der Waals surface area contributed by atoms with Crippen LogP contribution in [0, 0.1) is 0 Å². The van der Waals surface area contributed by atoms with Gasteiger partial charge < -0.3 is 10.1 Å². The number of nitrogens with one attached hydrogen (secondary N) is 1. The summed E-state index contributed by atoms with van der Waals surface area (Å²) in [4.78, 5) is 0. The quantitative estimate of drug-likeness (QED) is 0.888. The molecule has 1 N–H and O–H groups in total. The van der Waals surface area contributed by atoms with E-state index in [1.807, 2.05) is 0 Å². The predicted molar refractivity (Wildman–Crippen MR) is 83.5 cm³/mol. The highest BCUT2D eigenvalue weighted by molar-refractivity contribution is 5.48. The zero-order chi connectivity index (χ0) is 13.9. The van der Waals surface area contributed by atoms with Gasteiger partial charge in [-0.2, -0.15) is 0 Å². The summed E-state index contributed by atoms with van der Waals surface area (Å²) in [7, 11) is 0. The van der Waals surface area contributed by atoms with Gasteiger partial charge in [0.25, 0.3) is 0 Å². The van der Waals surface area contributed by atoms with Gasteiger partial charge in [-0.3, -0.25) is 0 Å². The lowest BCUT2D eigenvalue weighted by Gasteiger charge is -2.17. The van der Waals surface area contributed by atoms with Crippen molar-refractivity contribution in [1.82, 2.24) is 0 Å². The zero-order valence-electron chi connectivity index (χ0n) is 12.1. The number of hydrogen-bond donors (Lipinski definition) is 1. The molecule has 2 nitrogen and oxygen atoms in total. The maximum atomic E-state index is 5.56. The van der Waals surface area contributed by atoms with Crippen molar-refractivity contribution in [2.45, 2.75) is 32.7 Å². The third-order valence-electron chi connectivity index (χ3n) is 3.96. The fourth-order valence-corrected chi connectivity index (χ4v) is 2.65. The van der Waals surface area contributed by atoms with Crippen molar-refractivity contribution < 1.29 is 4.74 Å². The molecule has 0 aliphatic carbocycles. The molecule has 1 aliphatic heterocycles. The molecule has 1 atom stereocenters. The fraction of sp³-hybridized carbons (Fsp3) is 0.333. The Labute approximate surface area is 120 Å². The van der Waals surface area contributed by atoms with Gasteiger partial charge in [0.1, 0.15) is 5.75 Å². The van der Waals surface area contributed by atoms with Crippen molar-refractivity contribution in [3.05, 3.63) is 59.2 Å². The Kier molecular flexibility index (Phi) is 3.64. The summed E-state index contributed by atoms with van der Waals surface area (Å²) in [5.74, 6) is 1.05. The van der Waals surface area contributed by atoms with E-state index in [9.17, 15) is 0 Å². The van der Waals surface area contributed by atoms with Crippen LogP contribution in [0.3, 0.4) is 0 Å². The molecule has 0 fully saturated rings. The van der Waals surface area contributed by atoms with E-state index in [-0.39, 0.29) is 0 Å². The Morgan fingerprint density at radius 1 is 1.15 bits per heavy atom. The van der Waals surface area contributed by atoms with Gasteiger partial charge in [-0.05, 0) is 54.3 Å². The molecule has 2 heteroatoms. The molecule has 2 aromatic rings. The smallest absolute Gasteiger partial charge is 0.122 e. The van der Waals surface area contributed by atoms with E-state index >= 15 is 0 Å². The summed E-state index contributed by atoms with van der Waals surface area (Å²) in [6.07, 6.45) is 2.11. The van der Waals surface area contributed by atoms with E-state index in [0.29, 0.717) is 6.04 Å². The molecule has 0 saturated heterocycles. The van der Waals surface area contributed by atoms with Crippen molar-refractivity contribution in [3.63, 3.8) is 0 Å². The van der Waals surface area contributed by atoms with Crippen LogP contribution in [-0.2, 0) is 12.8 Å². The average molecular weight is 267 g/mol. The highest BCUT2D eigenvalue weighted by Gasteiger charge is 2.14. The van der Waals surface area contributed by atoms with Crippen LogP contribution in [0.5, 0.6) is 5.75 Å². The van der Waals surface area contributed by atoms with Crippen LogP contribution >= 0.6 is 0 Å². The highest BCUT2D eigenvalue weighted by atomic mass is 16.5. The lowest BCUT2D eigenvalue weighted by atomic mass is 10.0. The molecule has 0 saturated carbocycles. The van der Waals surface area contributed by atoms with Crippen molar-refractivity contribution in [2.75, 3.05) is 11.9 Å². The molecule has 0 spiro atoms. The zero-order valence-corrected chi connectivity index (χ0v) is 12.1. The molecule has 0 radical (unpaired) electrons. The van der Waals surface area contributed by atoms with Crippen molar-refractivity contribution >= 4 is 5.69 Å². The molecule has 0 amide bonds. The van der Waals surface area contributed by atoms with E-state index in [0.717, 1.165) is 25.2 Å². The number of aryl methyl sites for hydroxylation is 1. The molecule has 3 rings (SSSR count). The Morgan fingerprint density at radius 3 is 2.70 bits per heavy atom. The van der Waals surface area contributed by atoms with Crippen LogP contribution in [-0.4, -0.2) is 6.61 Å². The first-order valence-electron chi connectivity index (χ1n) is 7.37. The molecule has 0 bridgehead atoms. The van der Waals surface area contributed by atoms with Gasteiger partial charge in [0.05, 0.1) is 6.61 Å². The summed E-state index contributed by atoms with van der Waals surface area (Å²) in [6.45, 7) is 5.20. The minimum atomic E-state index is 0.299. The standard InChI is InChI=1S/C18H21NO/c1-3-14-4-7-17(8-5-14)19-13(2)15-6-9-18-16(12-15)10-11-20-18/h4-9,12-13,19H,3,10-11H2,1-2H3. The van der Waals surface area contributed by atoms with E-state index < -0.39 is 0 Å². The normalized spacial score (nSPS) is 14.5. The number of fused-ring (bicyclic) bond motifs is 1. The van der Waals surface area contributed by atoms with Crippen LogP contribution in [0.25, 0.3) is 0 Å². The van der Waals surface area contributed by atoms with Crippen LogP contribution in [0.1, 0.15) is 36.6 Å². The first-order valence-corrected chi connectivity index (χ1v) is 7.37. The van der Waals surface area contributed by atoms with Crippen molar-refractivity contribution in [3.8, 4) is 5.75 Å². The van der Waals surface area contributed by atoms with Gasteiger partial charge in [0, 0.05) is 18.2 Å². The summed E-state index contributed by atoms with van der Waals surface area (Å²) in [5, 5.41) is 3.56. The van der Waals surface area contributed by atoms with Gasteiger partial charge >= 0.3 is 0 Å². The minimum absolute atomic E-state index is 0.299. The lowest BCUT2D eigenvalue weighted by molar-refractivity contribution is 0.357. The molecule has 1 heterocycles. The topological polar surface area (TPSA) is 21.3 Å². The molecule has 104 valence electrons. The second-order valence-electron chi connectivity index (χ2n) is 5.38. The summed E-state index contributed by atoms with van der Waals surface area (Å²) in [5.41, 5.74) is 5.19. The number of rotatable bonds is 4. The third-order valence-corrected chi connectivity index (χ3v) is 3.96. The Hall–Kier alpha value is -1.96. The number of ether oxygens (including phenoxy) is 1. The third kappa shape index (κ3) is 2.64. The van der Waals surface area contributed by atoms with Gasteiger partial charge in [0.15, 0.2) is 0 Å². The SMILES string of the molecule is CCc1ccc(NC(C)c2ccc3c(c2)CCO3)cc1. The highest BCUT2D eigenvalue weighted by Crippen LogP contribution is 2.29. The Bertz CT molecular complexity index is 589. The second kappa shape index (κ2) is 5.58. The predicted octanol–water partition coefficient (Wildman–Crippen LogP) is 4.36. The first kappa shape index (κ1) is 13.0. The van der Waals surface area contributed by atoms with Crippen molar-refractivity contribution in [2.24, 2.45) is 0 Å². The van der Waals surface area contributed by atoms with Crippen LogP contribution in [0.4, 0.5) is 5.69 Å². The second-order valence-corrected chi connectivity index (χ2v) is 5.38. The van der Waals surface area contributed by atoms with E-state index in [2.05, 4.69) is 61.6 Å².